The second-order valence-electron chi connectivity index (χ2n) is 8.69. The van der Waals surface area contributed by atoms with Gasteiger partial charge in [-0.15, -0.1) is 0 Å². The Morgan fingerprint density at radius 3 is 1.56 bits per heavy atom. The summed E-state index contributed by atoms with van der Waals surface area (Å²) in [6, 6.07) is 19.7. The normalized spacial score (nSPS) is 10.9. The molecule has 0 saturated heterocycles. The average molecular weight is 456 g/mol. The molecule has 174 valence electrons. The van der Waals surface area contributed by atoms with Crippen LogP contribution in [0.2, 0.25) is 0 Å². The number of phenols is 3. The van der Waals surface area contributed by atoms with Crippen LogP contribution in [0.1, 0.15) is 27.8 Å². The van der Waals surface area contributed by atoms with Crippen LogP contribution < -0.4 is 9.64 Å². The maximum absolute atomic E-state index is 10.4. The first-order valence-electron chi connectivity index (χ1n) is 11.1. The van der Waals surface area contributed by atoms with E-state index in [4.69, 9.17) is 4.74 Å². The largest absolute Gasteiger partial charge is 0.508 e. The van der Waals surface area contributed by atoms with Crippen molar-refractivity contribution in [2.75, 3.05) is 4.90 Å². The molecule has 0 saturated carbocycles. The van der Waals surface area contributed by atoms with Crippen molar-refractivity contribution in [3.63, 3.8) is 0 Å². The zero-order chi connectivity index (χ0) is 24.6. The van der Waals surface area contributed by atoms with Gasteiger partial charge in [-0.1, -0.05) is 6.07 Å². The summed E-state index contributed by atoms with van der Waals surface area (Å²) in [6.45, 7) is 9.79. The van der Waals surface area contributed by atoms with Gasteiger partial charge >= 0.3 is 0 Å². The van der Waals surface area contributed by atoms with Gasteiger partial charge in [-0.2, -0.15) is 0 Å². The van der Waals surface area contributed by atoms with Gasteiger partial charge in [0.25, 0.3) is 0 Å². The summed E-state index contributed by atoms with van der Waals surface area (Å²) in [5.41, 5.74) is 7.25. The fourth-order valence-electron chi connectivity index (χ4n) is 3.97. The first kappa shape index (κ1) is 23.1. The van der Waals surface area contributed by atoms with E-state index in [-0.39, 0.29) is 17.2 Å². The minimum absolute atomic E-state index is 0.178. The zero-order valence-corrected chi connectivity index (χ0v) is 20.0. The third kappa shape index (κ3) is 4.50. The van der Waals surface area contributed by atoms with E-state index in [0.717, 1.165) is 44.9 Å². The molecule has 3 N–H and O–H groups in total. The first-order chi connectivity index (χ1) is 16.1. The molecular weight excluding hydrogens is 426 g/mol. The van der Waals surface area contributed by atoms with Gasteiger partial charge in [0.05, 0.1) is 11.4 Å². The fourth-order valence-corrected chi connectivity index (χ4v) is 3.97. The van der Waals surface area contributed by atoms with E-state index in [1.165, 1.54) is 0 Å². The lowest BCUT2D eigenvalue weighted by molar-refractivity contribution is 0.452. The Bertz CT molecular complexity index is 1300. The molecule has 0 atom stereocenters. The highest BCUT2D eigenvalue weighted by molar-refractivity contribution is 5.82. The molecule has 0 radical (unpaired) electrons. The SMILES string of the molecule is Cc1ccc(Oc2ccc(N(c3cc(O)cc(C)c3C)c3cc(O)cc(C)c3C)cc2)cc1O. The van der Waals surface area contributed by atoms with Crippen LogP contribution in [0.25, 0.3) is 0 Å². The van der Waals surface area contributed by atoms with Crippen molar-refractivity contribution in [1.29, 1.82) is 0 Å². The van der Waals surface area contributed by atoms with E-state index in [9.17, 15) is 15.3 Å². The number of phenolic OH excluding ortho intramolecular Hbond substituents is 3. The lowest BCUT2D eigenvalue weighted by Crippen LogP contribution is -2.13. The summed E-state index contributed by atoms with van der Waals surface area (Å²) in [5.74, 6) is 1.71. The Morgan fingerprint density at radius 2 is 1.06 bits per heavy atom. The smallest absolute Gasteiger partial charge is 0.131 e. The number of hydrogen-bond donors (Lipinski definition) is 3. The van der Waals surface area contributed by atoms with Crippen LogP contribution >= 0.6 is 0 Å². The van der Waals surface area contributed by atoms with E-state index in [1.54, 1.807) is 36.4 Å². The maximum atomic E-state index is 10.4. The lowest BCUT2D eigenvalue weighted by Gasteiger charge is -2.30. The highest BCUT2D eigenvalue weighted by Gasteiger charge is 2.20. The summed E-state index contributed by atoms with van der Waals surface area (Å²) in [6.07, 6.45) is 0. The van der Waals surface area contributed by atoms with Gasteiger partial charge in [0, 0.05) is 23.9 Å². The summed E-state index contributed by atoms with van der Waals surface area (Å²) in [7, 11) is 0. The standard InChI is InChI=1S/C29H29NO4/c1-17-6-9-26(16-29(17)33)34-25-10-7-22(8-11-25)30(27-14-23(31)12-18(2)20(27)4)28-15-24(32)13-19(3)21(28)5/h6-16,31-33H,1-5H3. The van der Waals surface area contributed by atoms with Crippen LogP contribution in [-0.4, -0.2) is 15.3 Å². The van der Waals surface area contributed by atoms with Crippen molar-refractivity contribution in [3.05, 3.63) is 94.5 Å². The van der Waals surface area contributed by atoms with Crippen LogP contribution in [0, 0.1) is 34.6 Å². The number of rotatable bonds is 5. The molecule has 34 heavy (non-hydrogen) atoms. The van der Waals surface area contributed by atoms with Crippen molar-refractivity contribution in [2.45, 2.75) is 34.6 Å². The summed E-state index contributed by atoms with van der Waals surface area (Å²) < 4.78 is 5.93. The monoisotopic (exact) mass is 455 g/mol. The average Bonchev–Trinajstić information content (AvgIpc) is 2.78. The van der Waals surface area contributed by atoms with E-state index >= 15 is 0 Å². The molecule has 0 amide bonds. The van der Waals surface area contributed by atoms with Crippen LogP contribution in [0.3, 0.4) is 0 Å². The Balaban J connectivity index is 1.81. The molecule has 0 heterocycles. The third-order valence-electron chi connectivity index (χ3n) is 6.24. The molecule has 0 spiro atoms. The highest BCUT2D eigenvalue weighted by atomic mass is 16.5. The molecule has 4 aromatic rings. The van der Waals surface area contributed by atoms with Crippen molar-refractivity contribution in [1.82, 2.24) is 0 Å². The quantitative estimate of drug-likeness (QED) is 0.289. The summed E-state index contributed by atoms with van der Waals surface area (Å²) in [4.78, 5) is 2.03. The number of benzene rings is 4. The first-order valence-corrected chi connectivity index (χ1v) is 11.1. The molecular formula is C29H29NO4. The van der Waals surface area contributed by atoms with Crippen LogP contribution in [-0.2, 0) is 0 Å². The molecule has 5 nitrogen and oxygen atoms in total. The number of ether oxygens (including phenoxy) is 1. The molecule has 0 fully saturated rings. The number of hydrogen-bond acceptors (Lipinski definition) is 5. The topological polar surface area (TPSA) is 73.2 Å². The fraction of sp³-hybridized carbons (Fsp3) is 0.172. The Morgan fingerprint density at radius 1 is 0.559 bits per heavy atom. The highest BCUT2D eigenvalue weighted by Crippen LogP contribution is 2.43. The van der Waals surface area contributed by atoms with Crippen molar-refractivity contribution < 1.29 is 20.1 Å². The second-order valence-corrected chi connectivity index (χ2v) is 8.69. The van der Waals surface area contributed by atoms with Gasteiger partial charge in [0.1, 0.15) is 28.7 Å². The van der Waals surface area contributed by atoms with Gasteiger partial charge in [0.2, 0.25) is 0 Å². The number of anilines is 3. The minimum Gasteiger partial charge on any atom is -0.508 e. The molecule has 0 aliphatic carbocycles. The molecule has 5 heteroatoms. The maximum Gasteiger partial charge on any atom is 0.131 e. The van der Waals surface area contributed by atoms with Gasteiger partial charge in [-0.05, 0) is 105 Å². The predicted molar refractivity (Wildman–Crippen MR) is 136 cm³/mol. The number of aryl methyl sites for hydroxylation is 3. The van der Waals surface area contributed by atoms with Crippen molar-refractivity contribution >= 4 is 17.1 Å². The van der Waals surface area contributed by atoms with Crippen molar-refractivity contribution in [3.8, 4) is 28.7 Å². The molecule has 4 rings (SSSR count). The molecule has 0 aliphatic rings. The van der Waals surface area contributed by atoms with Crippen LogP contribution in [0.4, 0.5) is 17.1 Å². The number of aromatic hydroxyl groups is 3. The minimum atomic E-state index is 0.178. The Kier molecular flexibility index (Phi) is 6.12. The molecule has 0 bridgehead atoms. The van der Waals surface area contributed by atoms with Gasteiger partial charge in [-0.3, -0.25) is 0 Å². The predicted octanol–water partition coefficient (Wildman–Crippen LogP) is 7.61. The Labute approximate surface area is 200 Å². The molecule has 0 aliphatic heterocycles. The van der Waals surface area contributed by atoms with Crippen LogP contribution in [0.5, 0.6) is 28.7 Å². The van der Waals surface area contributed by atoms with Gasteiger partial charge in [0.15, 0.2) is 0 Å². The van der Waals surface area contributed by atoms with E-state index < -0.39 is 0 Å². The molecule has 0 aromatic heterocycles. The zero-order valence-electron chi connectivity index (χ0n) is 20.0. The summed E-state index contributed by atoms with van der Waals surface area (Å²) >= 11 is 0. The Hall–Kier alpha value is -4.12. The van der Waals surface area contributed by atoms with Crippen molar-refractivity contribution in [2.24, 2.45) is 0 Å². The second kappa shape index (κ2) is 9.02. The molecule has 4 aromatic carbocycles. The molecule has 0 unspecified atom stereocenters. The lowest BCUT2D eigenvalue weighted by atomic mass is 10.0. The van der Waals surface area contributed by atoms with E-state index in [2.05, 4.69) is 0 Å². The third-order valence-corrected chi connectivity index (χ3v) is 6.24. The van der Waals surface area contributed by atoms with Gasteiger partial charge < -0.3 is 25.0 Å². The van der Waals surface area contributed by atoms with E-state index in [1.807, 2.05) is 69.9 Å². The van der Waals surface area contributed by atoms with E-state index in [0.29, 0.717) is 11.5 Å². The summed E-state index contributed by atoms with van der Waals surface area (Å²) in [5, 5.41) is 30.7. The van der Waals surface area contributed by atoms with Crippen LogP contribution in [0.15, 0.2) is 66.7 Å². The van der Waals surface area contributed by atoms with Gasteiger partial charge in [-0.25, -0.2) is 0 Å². The number of nitrogens with zero attached hydrogens (tertiary/aromatic N) is 1.